The first kappa shape index (κ1) is 13.1. The smallest absolute Gasteiger partial charge is 0.289 e. The molecule has 100 valence electrons. The number of nitrogens with one attached hydrogen (secondary N) is 1. The highest BCUT2D eigenvalue weighted by atomic mass is 32.2. The third kappa shape index (κ3) is 3.00. The third-order valence-corrected chi connectivity index (χ3v) is 4.35. The van der Waals surface area contributed by atoms with Gasteiger partial charge in [0, 0.05) is 4.88 Å². The fraction of sp³-hybridized carbons (Fsp3) is 0.0667. The lowest BCUT2D eigenvalue weighted by Crippen LogP contribution is -2.18. The van der Waals surface area contributed by atoms with Crippen LogP contribution in [-0.4, -0.2) is 11.1 Å². The van der Waals surface area contributed by atoms with Crippen molar-refractivity contribution < 1.29 is 4.79 Å². The molecule has 0 bridgehead atoms. The number of thioether (sulfide) groups is 1. The predicted octanol–water partition coefficient (Wildman–Crippen LogP) is 4.58. The molecule has 1 aliphatic rings. The minimum atomic E-state index is -0.0841. The van der Waals surface area contributed by atoms with E-state index in [1.807, 2.05) is 54.8 Å². The molecule has 2 aromatic rings. The monoisotopic (exact) mass is 300 g/mol. The Morgan fingerprint density at radius 3 is 2.90 bits per heavy atom. The summed E-state index contributed by atoms with van der Waals surface area (Å²) in [6.07, 6.45) is 1.99. The van der Waals surface area contributed by atoms with E-state index in [-0.39, 0.29) is 5.24 Å². The molecule has 5 heteroatoms. The highest BCUT2D eigenvalue weighted by Crippen LogP contribution is 2.29. The van der Waals surface area contributed by atoms with E-state index < -0.39 is 0 Å². The van der Waals surface area contributed by atoms with Crippen molar-refractivity contribution in [2.75, 3.05) is 0 Å². The number of rotatable bonds is 2. The maximum absolute atomic E-state index is 11.6. The van der Waals surface area contributed by atoms with Gasteiger partial charge in [0.2, 0.25) is 0 Å². The van der Waals surface area contributed by atoms with Crippen molar-refractivity contribution in [3.8, 4) is 0 Å². The quantitative estimate of drug-likeness (QED) is 0.881. The van der Waals surface area contributed by atoms with Gasteiger partial charge < -0.3 is 5.32 Å². The highest BCUT2D eigenvalue weighted by molar-refractivity contribution is 8.18. The number of amidine groups is 1. The molecule has 1 saturated heterocycles. The van der Waals surface area contributed by atoms with Crippen LogP contribution in [0.2, 0.25) is 0 Å². The van der Waals surface area contributed by atoms with E-state index in [1.54, 1.807) is 11.3 Å². The van der Waals surface area contributed by atoms with E-state index in [0.29, 0.717) is 5.84 Å². The zero-order valence-electron chi connectivity index (χ0n) is 10.8. The second-order valence-corrected chi connectivity index (χ2v) is 6.33. The topological polar surface area (TPSA) is 41.5 Å². The van der Waals surface area contributed by atoms with Gasteiger partial charge in [-0.1, -0.05) is 18.2 Å². The first-order valence-electron chi connectivity index (χ1n) is 6.10. The summed E-state index contributed by atoms with van der Waals surface area (Å²) in [5.74, 6) is 0.624. The number of aliphatic imine (C=N–C) groups is 1. The van der Waals surface area contributed by atoms with Crippen LogP contribution in [-0.2, 0) is 0 Å². The van der Waals surface area contributed by atoms with Crippen molar-refractivity contribution in [3.63, 3.8) is 0 Å². The van der Waals surface area contributed by atoms with E-state index >= 15 is 0 Å². The van der Waals surface area contributed by atoms with Crippen molar-refractivity contribution >= 4 is 45.9 Å². The van der Waals surface area contributed by atoms with Gasteiger partial charge in [-0.3, -0.25) is 4.79 Å². The molecule has 3 nitrogen and oxygen atoms in total. The van der Waals surface area contributed by atoms with Gasteiger partial charge in [-0.15, -0.1) is 11.3 Å². The molecule has 1 aliphatic heterocycles. The van der Waals surface area contributed by atoms with Gasteiger partial charge >= 0.3 is 0 Å². The second kappa shape index (κ2) is 5.64. The molecule has 1 N–H and O–H groups in total. The van der Waals surface area contributed by atoms with Gasteiger partial charge in [0.05, 0.1) is 10.6 Å². The lowest BCUT2D eigenvalue weighted by Gasteiger charge is -2.00. The molecule has 20 heavy (non-hydrogen) atoms. The number of aryl methyl sites for hydroxylation is 1. The summed E-state index contributed by atoms with van der Waals surface area (Å²) < 4.78 is 0. The number of carbonyl (C=O) groups excluding carboxylic acids is 1. The Kier molecular flexibility index (Phi) is 3.71. The summed E-state index contributed by atoms with van der Waals surface area (Å²) >= 11 is 2.82. The number of hydrogen-bond donors (Lipinski definition) is 1. The predicted molar refractivity (Wildman–Crippen MR) is 86.7 cm³/mol. The summed E-state index contributed by atoms with van der Waals surface area (Å²) in [5.41, 5.74) is 1.99. The summed E-state index contributed by atoms with van der Waals surface area (Å²) in [4.78, 5) is 18.1. The maximum atomic E-state index is 11.6. The van der Waals surface area contributed by atoms with Gasteiger partial charge in [-0.05, 0) is 53.9 Å². The molecule has 0 atom stereocenters. The molecular weight excluding hydrogens is 288 g/mol. The van der Waals surface area contributed by atoms with E-state index in [1.165, 1.54) is 11.8 Å². The Labute approximate surface area is 125 Å². The second-order valence-electron chi connectivity index (χ2n) is 4.34. The molecule has 0 radical (unpaired) electrons. The number of benzene rings is 1. The van der Waals surface area contributed by atoms with Crippen molar-refractivity contribution in [3.05, 3.63) is 57.1 Å². The highest BCUT2D eigenvalue weighted by Gasteiger charge is 2.23. The van der Waals surface area contributed by atoms with E-state index in [4.69, 9.17) is 0 Å². The van der Waals surface area contributed by atoms with Gasteiger partial charge in [0.15, 0.2) is 0 Å². The summed E-state index contributed by atoms with van der Waals surface area (Å²) in [7, 11) is 0. The SMILES string of the molecule is Cc1cccc(N=C2NC(=O)S/C2=C\c2cccs2)c1. The number of thiophene rings is 1. The Morgan fingerprint density at radius 2 is 2.15 bits per heavy atom. The minimum absolute atomic E-state index is 0.0841. The molecule has 1 amide bonds. The molecule has 2 heterocycles. The molecular formula is C15H12N2OS2. The molecule has 3 rings (SSSR count). The normalized spacial score (nSPS) is 18.8. The first-order valence-corrected chi connectivity index (χ1v) is 7.80. The zero-order chi connectivity index (χ0) is 13.9. The van der Waals surface area contributed by atoms with Gasteiger partial charge in [-0.2, -0.15) is 0 Å². The largest absolute Gasteiger partial charge is 0.300 e. The minimum Gasteiger partial charge on any atom is -0.300 e. The molecule has 0 aliphatic carbocycles. The first-order chi connectivity index (χ1) is 9.70. The van der Waals surface area contributed by atoms with Crippen LogP contribution in [0, 0.1) is 6.92 Å². The maximum Gasteiger partial charge on any atom is 0.289 e. The zero-order valence-corrected chi connectivity index (χ0v) is 12.4. The fourth-order valence-corrected chi connectivity index (χ4v) is 3.30. The van der Waals surface area contributed by atoms with Crippen molar-refractivity contribution in [1.82, 2.24) is 5.32 Å². The van der Waals surface area contributed by atoms with Crippen molar-refractivity contribution in [2.45, 2.75) is 6.92 Å². The lowest BCUT2D eigenvalue weighted by atomic mass is 10.2. The number of hydrogen-bond acceptors (Lipinski definition) is 4. The van der Waals surface area contributed by atoms with Crippen LogP contribution in [0.1, 0.15) is 10.4 Å². The van der Waals surface area contributed by atoms with Crippen LogP contribution in [0.15, 0.2) is 51.7 Å². The molecule has 0 saturated carbocycles. The van der Waals surface area contributed by atoms with Crippen molar-refractivity contribution in [1.29, 1.82) is 0 Å². The van der Waals surface area contributed by atoms with E-state index in [9.17, 15) is 4.79 Å². The van der Waals surface area contributed by atoms with Crippen LogP contribution in [0.3, 0.4) is 0 Å². The number of carbonyl (C=O) groups is 1. The average Bonchev–Trinajstić information content (AvgIpc) is 3.01. The molecule has 1 aromatic heterocycles. The van der Waals surface area contributed by atoms with Gasteiger partial charge in [0.1, 0.15) is 5.84 Å². The third-order valence-electron chi connectivity index (χ3n) is 2.72. The van der Waals surface area contributed by atoms with Crippen LogP contribution in [0.25, 0.3) is 6.08 Å². The fourth-order valence-electron chi connectivity index (χ4n) is 1.84. The number of nitrogens with zero attached hydrogens (tertiary/aromatic N) is 1. The summed E-state index contributed by atoms with van der Waals surface area (Å²) in [6.45, 7) is 2.02. The Morgan fingerprint density at radius 1 is 1.25 bits per heavy atom. The van der Waals surface area contributed by atoms with Crippen molar-refractivity contribution in [2.24, 2.45) is 4.99 Å². The van der Waals surface area contributed by atoms with Crippen LogP contribution in [0.4, 0.5) is 10.5 Å². The van der Waals surface area contributed by atoms with Crippen LogP contribution >= 0.6 is 23.1 Å². The number of amides is 1. The summed E-state index contributed by atoms with van der Waals surface area (Å²) in [5, 5.41) is 4.72. The Bertz CT molecular complexity index is 702. The molecule has 0 unspecified atom stereocenters. The van der Waals surface area contributed by atoms with Crippen LogP contribution < -0.4 is 5.32 Å². The average molecular weight is 300 g/mol. The van der Waals surface area contributed by atoms with E-state index in [0.717, 1.165) is 21.0 Å². The standard InChI is InChI=1S/C15H12N2OS2/c1-10-4-2-5-11(8-10)16-14-13(20-15(18)17-14)9-12-6-3-7-19-12/h2-9H,1H3,(H,16,17,18)/b13-9-. The van der Waals surface area contributed by atoms with Gasteiger partial charge in [0.25, 0.3) is 5.24 Å². The van der Waals surface area contributed by atoms with Crippen LogP contribution in [0.5, 0.6) is 0 Å². The molecule has 0 spiro atoms. The molecule has 1 fully saturated rings. The molecule has 1 aromatic carbocycles. The summed E-state index contributed by atoms with van der Waals surface area (Å²) in [6, 6.07) is 11.9. The lowest BCUT2D eigenvalue weighted by molar-refractivity contribution is 0.265. The van der Waals surface area contributed by atoms with E-state index in [2.05, 4.69) is 10.3 Å². The Balaban J connectivity index is 1.96. The van der Waals surface area contributed by atoms with Gasteiger partial charge in [-0.25, -0.2) is 4.99 Å². The Hall–Kier alpha value is -1.85.